The maximum absolute atomic E-state index is 5.18. The summed E-state index contributed by atoms with van der Waals surface area (Å²) in [6, 6.07) is 0.680. The first-order valence-corrected chi connectivity index (χ1v) is 4.55. The van der Waals surface area contributed by atoms with Crippen LogP contribution in [0.4, 0.5) is 0 Å². The molecule has 1 nitrogen and oxygen atoms in total. The smallest absolute Gasteiger partial charge is 0.0576 e. The number of nitrogens with one attached hydrogen (secondary N) is 1. The van der Waals surface area contributed by atoms with Crippen molar-refractivity contribution in [1.82, 2.24) is 5.32 Å². The van der Waals surface area contributed by atoms with Crippen molar-refractivity contribution in [1.29, 1.82) is 0 Å². The molecule has 62 valence electrons. The zero-order valence-corrected chi connectivity index (χ0v) is 7.27. The summed E-state index contributed by atoms with van der Waals surface area (Å²) < 4.78 is 0. The van der Waals surface area contributed by atoms with Gasteiger partial charge in [-0.15, -0.1) is 6.42 Å². The summed E-state index contributed by atoms with van der Waals surface area (Å²) in [5.41, 5.74) is 0. The molecular formula is C10H17N. The van der Waals surface area contributed by atoms with Crippen LogP contribution in [0.25, 0.3) is 0 Å². The summed E-state index contributed by atoms with van der Waals surface area (Å²) in [5.74, 6) is 3.53. The average Bonchev–Trinajstić information content (AvgIpc) is 1.93. The van der Waals surface area contributed by atoms with E-state index in [9.17, 15) is 0 Å². The highest BCUT2D eigenvalue weighted by atomic mass is 14.9. The van der Waals surface area contributed by atoms with E-state index in [1.165, 1.54) is 25.7 Å². The van der Waals surface area contributed by atoms with Gasteiger partial charge in [-0.05, 0) is 25.2 Å². The van der Waals surface area contributed by atoms with E-state index in [1.807, 2.05) is 0 Å². The molecule has 0 radical (unpaired) electrons. The Hall–Kier alpha value is -0.480. The van der Waals surface area contributed by atoms with Crippen molar-refractivity contribution in [3.8, 4) is 12.3 Å². The maximum atomic E-state index is 5.18. The Kier molecular flexibility index (Phi) is 3.45. The molecule has 0 bridgehead atoms. The molecule has 1 heteroatoms. The molecule has 1 fully saturated rings. The summed E-state index contributed by atoms with van der Waals surface area (Å²) in [4.78, 5) is 0. The van der Waals surface area contributed by atoms with Crippen molar-refractivity contribution < 1.29 is 0 Å². The van der Waals surface area contributed by atoms with E-state index in [4.69, 9.17) is 6.42 Å². The molecule has 1 saturated carbocycles. The lowest BCUT2D eigenvalue weighted by atomic mass is 9.79. The predicted molar refractivity (Wildman–Crippen MR) is 48.3 cm³/mol. The van der Waals surface area contributed by atoms with Gasteiger partial charge in [0.1, 0.15) is 0 Å². The van der Waals surface area contributed by atoms with Crippen molar-refractivity contribution in [3.63, 3.8) is 0 Å². The van der Waals surface area contributed by atoms with Gasteiger partial charge in [0, 0.05) is 6.04 Å². The Bertz CT molecular complexity index is 141. The largest absolute Gasteiger partial charge is 0.303 e. The van der Waals surface area contributed by atoms with Gasteiger partial charge in [0.05, 0.1) is 6.54 Å². The number of hydrogen-bond acceptors (Lipinski definition) is 1. The summed E-state index contributed by atoms with van der Waals surface area (Å²) in [6.45, 7) is 2.96. The third-order valence-corrected chi connectivity index (χ3v) is 2.63. The first kappa shape index (κ1) is 8.62. The zero-order chi connectivity index (χ0) is 8.10. The fourth-order valence-corrected chi connectivity index (χ4v) is 1.68. The Morgan fingerprint density at radius 2 is 2.36 bits per heavy atom. The quantitative estimate of drug-likeness (QED) is 0.604. The molecule has 0 saturated heterocycles. The molecule has 1 rings (SSSR count). The minimum absolute atomic E-state index is 0.680. The van der Waals surface area contributed by atoms with Gasteiger partial charge in [-0.1, -0.05) is 19.3 Å². The molecule has 0 heterocycles. The van der Waals surface area contributed by atoms with E-state index in [2.05, 4.69) is 18.2 Å². The Balaban J connectivity index is 2.19. The lowest BCUT2D eigenvalue weighted by molar-refractivity contribution is 0.229. The molecule has 1 atom stereocenters. The van der Waals surface area contributed by atoms with Crippen LogP contribution in [0.3, 0.4) is 0 Å². The molecule has 0 aromatic carbocycles. The molecule has 1 unspecified atom stereocenters. The van der Waals surface area contributed by atoms with Crippen molar-refractivity contribution >= 4 is 0 Å². The first-order chi connectivity index (χ1) is 5.38. The third-order valence-electron chi connectivity index (χ3n) is 2.63. The second-order valence-corrected chi connectivity index (χ2v) is 3.29. The van der Waals surface area contributed by atoms with Crippen LogP contribution in [0, 0.1) is 18.3 Å². The van der Waals surface area contributed by atoms with Gasteiger partial charge in [0.2, 0.25) is 0 Å². The molecular weight excluding hydrogens is 134 g/mol. The lowest BCUT2D eigenvalue weighted by Gasteiger charge is -2.33. The number of terminal acetylenes is 1. The zero-order valence-electron chi connectivity index (χ0n) is 7.27. The highest BCUT2D eigenvalue weighted by Gasteiger charge is 2.24. The van der Waals surface area contributed by atoms with Crippen LogP contribution in [-0.4, -0.2) is 12.6 Å². The summed E-state index contributed by atoms with van der Waals surface area (Å²) in [6.07, 6.45) is 10.6. The van der Waals surface area contributed by atoms with Gasteiger partial charge >= 0.3 is 0 Å². The van der Waals surface area contributed by atoms with Crippen LogP contribution >= 0.6 is 0 Å². The van der Waals surface area contributed by atoms with Crippen molar-refractivity contribution in [2.75, 3.05) is 6.54 Å². The van der Waals surface area contributed by atoms with Crippen molar-refractivity contribution in [2.24, 2.45) is 5.92 Å². The highest BCUT2D eigenvalue weighted by molar-refractivity contribution is 4.90. The molecule has 1 aliphatic rings. The van der Waals surface area contributed by atoms with Gasteiger partial charge in [-0.2, -0.15) is 0 Å². The highest BCUT2D eigenvalue weighted by Crippen LogP contribution is 2.30. The molecule has 1 N–H and O–H groups in total. The Morgan fingerprint density at radius 3 is 2.73 bits per heavy atom. The molecule has 11 heavy (non-hydrogen) atoms. The fraction of sp³-hybridized carbons (Fsp3) is 0.800. The molecule has 0 aromatic rings. The van der Waals surface area contributed by atoms with Gasteiger partial charge in [0.15, 0.2) is 0 Å². The average molecular weight is 151 g/mol. The molecule has 1 aliphatic carbocycles. The monoisotopic (exact) mass is 151 g/mol. The normalized spacial score (nSPS) is 20.4. The van der Waals surface area contributed by atoms with Crippen LogP contribution in [-0.2, 0) is 0 Å². The maximum Gasteiger partial charge on any atom is 0.0576 e. The number of hydrogen-bond donors (Lipinski definition) is 1. The van der Waals surface area contributed by atoms with Crippen LogP contribution in [0.2, 0.25) is 0 Å². The van der Waals surface area contributed by atoms with Gasteiger partial charge in [-0.25, -0.2) is 0 Å². The Morgan fingerprint density at radius 1 is 1.64 bits per heavy atom. The molecule has 0 amide bonds. The molecule has 0 aromatic heterocycles. The van der Waals surface area contributed by atoms with E-state index in [0.29, 0.717) is 6.04 Å². The molecule has 0 spiro atoms. The van der Waals surface area contributed by atoms with Crippen LogP contribution in [0.15, 0.2) is 0 Å². The van der Waals surface area contributed by atoms with Crippen molar-refractivity contribution in [2.45, 2.75) is 38.6 Å². The van der Waals surface area contributed by atoms with Crippen LogP contribution in [0.1, 0.15) is 32.6 Å². The fourth-order valence-electron chi connectivity index (χ4n) is 1.68. The topological polar surface area (TPSA) is 12.0 Å². The minimum atomic E-state index is 0.680. The summed E-state index contributed by atoms with van der Waals surface area (Å²) in [7, 11) is 0. The summed E-state index contributed by atoms with van der Waals surface area (Å²) in [5, 5.41) is 3.38. The van der Waals surface area contributed by atoms with Crippen LogP contribution < -0.4 is 5.32 Å². The van der Waals surface area contributed by atoms with E-state index in [-0.39, 0.29) is 0 Å². The van der Waals surface area contributed by atoms with Crippen molar-refractivity contribution in [3.05, 3.63) is 0 Å². The minimum Gasteiger partial charge on any atom is -0.303 e. The molecule has 0 aliphatic heterocycles. The number of rotatable bonds is 4. The van der Waals surface area contributed by atoms with Gasteiger partial charge in [0.25, 0.3) is 0 Å². The van der Waals surface area contributed by atoms with Gasteiger partial charge in [-0.3, -0.25) is 0 Å². The SMILES string of the molecule is C#CCNC(CC)C1CCC1. The first-order valence-electron chi connectivity index (χ1n) is 4.55. The predicted octanol–water partition coefficient (Wildman–Crippen LogP) is 1.79. The van der Waals surface area contributed by atoms with E-state index in [0.717, 1.165) is 12.5 Å². The van der Waals surface area contributed by atoms with E-state index < -0.39 is 0 Å². The van der Waals surface area contributed by atoms with Crippen LogP contribution in [0.5, 0.6) is 0 Å². The van der Waals surface area contributed by atoms with E-state index >= 15 is 0 Å². The summed E-state index contributed by atoms with van der Waals surface area (Å²) >= 11 is 0. The van der Waals surface area contributed by atoms with E-state index in [1.54, 1.807) is 0 Å². The van der Waals surface area contributed by atoms with Gasteiger partial charge < -0.3 is 5.32 Å². The standard InChI is InChI=1S/C10H17N/c1-3-8-11-10(4-2)9-6-5-7-9/h1,9-11H,4-8H2,2H3. The Labute approximate surface area is 69.6 Å². The lowest BCUT2D eigenvalue weighted by Crippen LogP contribution is -2.39. The second kappa shape index (κ2) is 4.41. The second-order valence-electron chi connectivity index (χ2n) is 3.29. The third kappa shape index (κ3) is 2.24.